The minimum Gasteiger partial charge on any atom is -0.346 e. The third kappa shape index (κ3) is 4.49. The van der Waals surface area contributed by atoms with E-state index < -0.39 is 0 Å². The predicted molar refractivity (Wildman–Crippen MR) is 68.6 cm³/mol. The summed E-state index contributed by atoms with van der Waals surface area (Å²) >= 11 is 0. The largest absolute Gasteiger partial charge is 0.346 e. The normalized spacial score (nSPS) is 19.1. The molecule has 1 saturated carbocycles. The van der Waals surface area contributed by atoms with Gasteiger partial charge in [0.2, 0.25) is 5.91 Å². The fourth-order valence-corrected chi connectivity index (χ4v) is 2.62. The zero-order valence-corrected chi connectivity index (χ0v) is 11.5. The first-order valence-corrected chi connectivity index (χ1v) is 6.60. The highest BCUT2D eigenvalue weighted by atomic mass is 16.2. The molecule has 1 aliphatic rings. The highest BCUT2D eigenvalue weighted by molar-refractivity contribution is 5.88. The standard InChI is InChI=1S/C14H25NO2/c1-10(16)13(14(2,3)4)15-12(17)9-11-7-5-6-8-11/h11,13H,5-9H2,1-4H3,(H,15,17). The molecule has 0 radical (unpaired) electrons. The third-order valence-corrected chi connectivity index (χ3v) is 3.53. The average molecular weight is 239 g/mol. The van der Waals surface area contributed by atoms with E-state index in [1.807, 2.05) is 20.8 Å². The van der Waals surface area contributed by atoms with Crippen LogP contribution >= 0.6 is 0 Å². The van der Waals surface area contributed by atoms with Gasteiger partial charge in [-0.1, -0.05) is 33.6 Å². The number of hydrogen-bond donors (Lipinski definition) is 1. The van der Waals surface area contributed by atoms with Gasteiger partial charge >= 0.3 is 0 Å². The second-order valence-corrected chi connectivity index (χ2v) is 6.33. The maximum atomic E-state index is 11.9. The van der Waals surface area contributed by atoms with Gasteiger partial charge in [0.15, 0.2) is 5.78 Å². The molecule has 3 heteroatoms. The molecule has 1 amide bonds. The molecule has 0 heterocycles. The quantitative estimate of drug-likeness (QED) is 0.820. The van der Waals surface area contributed by atoms with E-state index in [4.69, 9.17) is 0 Å². The summed E-state index contributed by atoms with van der Waals surface area (Å²) < 4.78 is 0. The van der Waals surface area contributed by atoms with Crippen molar-refractivity contribution < 1.29 is 9.59 Å². The van der Waals surface area contributed by atoms with Gasteiger partial charge in [0.05, 0.1) is 6.04 Å². The van der Waals surface area contributed by atoms with Crippen LogP contribution in [0.1, 0.15) is 59.8 Å². The average Bonchev–Trinajstić information content (AvgIpc) is 2.64. The van der Waals surface area contributed by atoms with Crippen LogP contribution in [0.4, 0.5) is 0 Å². The fraction of sp³-hybridized carbons (Fsp3) is 0.857. The van der Waals surface area contributed by atoms with E-state index in [1.165, 1.54) is 12.8 Å². The molecular weight excluding hydrogens is 214 g/mol. The number of carbonyl (C=O) groups excluding carboxylic acids is 2. The lowest BCUT2D eigenvalue weighted by atomic mass is 9.84. The summed E-state index contributed by atoms with van der Waals surface area (Å²) in [4.78, 5) is 23.4. The molecule has 17 heavy (non-hydrogen) atoms. The van der Waals surface area contributed by atoms with Gasteiger partial charge in [-0.2, -0.15) is 0 Å². The lowest BCUT2D eigenvalue weighted by molar-refractivity contribution is -0.129. The molecule has 0 bridgehead atoms. The Morgan fingerprint density at radius 3 is 2.18 bits per heavy atom. The number of amides is 1. The first-order valence-electron chi connectivity index (χ1n) is 6.60. The Kier molecular flexibility index (Phi) is 4.72. The summed E-state index contributed by atoms with van der Waals surface area (Å²) in [6.07, 6.45) is 5.39. The van der Waals surface area contributed by atoms with Crippen molar-refractivity contribution in [3.05, 3.63) is 0 Å². The van der Waals surface area contributed by atoms with Crippen molar-refractivity contribution >= 4 is 11.7 Å². The molecule has 0 aromatic rings. The smallest absolute Gasteiger partial charge is 0.220 e. The molecule has 1 N–H and O–H groups in total. The topological polar surface area (TPSA) is 46.2 Å². The highest BCUT2D eigenvalue weighted by Crippen LogP contribution is 2.28. The minimum atomic E-state index is -0.364. The number of carbonyl (C=O) groups is 2. The zero-order valence-electron chi connectivity index (χ0n) is 11.5. The molecule has 0 aliphatic heterocycles. The van der Waals surface area contributed by atoms with E-state index in [0.29, 0.717) is 12.3 Å². The van der Waals surface area contributed by atoms with Gasteiger partial charge in [-0.3, -0.25) is 9.59 Å². The van der Waals surface area contributed by atoms with Crippen molar-refractivity contribution in [1.82, 2.24) is 5.32 Å². The number of rotatable bonds is 4. The van der Waals surface area contributed by atoms with Crippen molar-refractivity contribution in [2.45, 2.75) is 65.8 Å². The molecule has 1 fully saturated rings. The van der Waals surface area contributed by atoms with E-state index in [0.717, 1.165) is 12.8 Å². The van der Waals surface area contributed by atoms with Crippen LogP contribution in [0, 0.1) is 11.3 Å². The van der Waals surface area contributed by atoms with Gasteiger partial charge in [-0.15, -0.1) is 0 Å². The first-order chi connectivity index (χ1) is 7.80. The Labute approximate surface area is 104 Å². The number of nitrogens with one attached hydrogen (secondary N) is 1. The zero-order chi connectivity index (χ0) is 13.1. The molecule has 1 atom stereocenters. The van der Waals surface area contributed by atoms with Crippen LogP contribution in [0.2, 0.25) is 0 Å². The van der Waals surface area contributed by atoms with Crippen molar-refractivity contribution in [3.63, 3.8) is 0 Å². The number of Topliss-reactive ketones (excluding diaryl/α,β-unsaturated/α-hetero) is 1. The van der Waals surface area contributed by atoms with Crippen molar-refractivity contribution in [2.24, 2.45) is 11.3 Å². The predicted octanol–water partition coefficient (Wildman–Crippen LogP) is 2.69. The molecule has 98 valence electrons. The van der Waals surface area contributed by atoms with E-state index >= 15 is 0 Å². The Morgan fingerprint density at radius 2 is 1.76 bits per heavy atom. The summed E-state index contributed by atoms with van der Waals surface area (Å²) in [5, 5.41) is 2.89. The van der Waals surface area contributed by atoms with Gasteiger partial charge in [-0.25, -0.2) is 0 Å². The van der Waals surface area contributed by atoms with Crippen LogP contribution in [-0.4, -0.2) is 17.7 Å². The molecule has 3 nitrogen and oxygen atoms in total. The molecule has 0 saturated heterocycles. The van der Waals surface area contributed by atoms with E-state index in [9.17, 15) is 9.59 Å². The van der Waals surface area contributed by atoms with Gasteiger partial charge in [-0.05, 0) is 31.1 Å². The number of hydrogen-bond acceptors (Lipinski definition) is 2. The fourth-order valence-electron chi connectivity index (χ4n) is 2.62. The number of ketones is 1. The van der Waals surface area contributed by atoms with Crippen molar-refractivity contribution in [3.8, 4) is 0 Å². The van der Waals surface area contributed by atoms with Crippen molar-refractivity contribution in [1.29, 1.82) is 0 Å². The van der Waals surface area contributed by atoms with Crippen LogP contribution in [0.5, 0.6) is 0 Å². The molecule has 1 aliphatic carbocycles. The van der Waals surface area contributed by atoms with Crippen LogP contribution in [-0.2, 0) is 9.59 Å². The Bertz CT molecular complexity index is 285. The molecule has 0 aromatic carbocycles. The lowest BCUT2D eigenvalue weighted by Crippen LogP contribution is -2.48. The van der Waals surface area contributed by atoms with Crippen LogP contribution in [0.15, 0.2) is 0 Å². The van der Waals surface area contributed by atoms with Crippen molar-refractivity contribution in [2.75, 3.05) is 0 Å². The van der Waals surface area contributed by atoms with Crippen LogP contribution < -0.4 is 5.32 Å². The second-order valence-electron chi connectivity index (χ2n) is 6.33. The lowest BCUT2D eigenvalue weighted by Gasteiger charge is -2.29. The summed E-state index contributed by atoms with van der Waals surface area (Å²) in [5.74, 6) is 0.604. The summed E-state index contributed by atoms with van der Waals surface area (Å²) in [6, 6.07) is -0.364. The third-order valence-electron chi connectivity index (χ3n) is 3.53. The Hall–Kier alpha value is -0.860. The molecule has 1 unspecified atom stereocenters. The Balaban J connectivity index is 2.49. The maximum Gasteiger partial charge on any atom is 0.220 e. The summed E-state index contributed by atoms with van der Waals surface area (Å²) in [7, 11) is 0. The summed E-state index contributed by atoms with van der Waals surface area (Å²) in [5.41, 5.74) is -0.211. The molecule has 1 rings (SSSR count). The summed E-state index contributed by atoms with van der Waals surface area (Å²) in [6.45, 7) is 7.49. The monoisotopic (exact) mass is 239 g/mol. The van der Waals surface area contributed by atoms with Gasteiger partial charge in [0.25, 0.3) is 0 Å². The Morgan fingerprint density at radius 1 is 1.24 bits per heavy atom. The van der Waals surface area contributed by atoms with E-state index in [1.54, 1.807) is 6.92 Å². The SMILES string of the molecule is CC(=O)C(NC(=O)CC1CCCC1)C(C)(C)C. The minimum absolute atomic E-state index is 0.0343. The van der Waals surface area contributed by atoms with Gasteiger partial charge < -0.3 is 5.32 Å². The molecular formula is C14H25NO2. The second kappa shape index (κ2) is 5.65. The van der Waals surface area contributed by atoms with Crippen LogP contribution in [0.25, 0.3) is 0 Å². The van der Waals surface area contributed by atoms with Crippen LogP contribution in [0.3, 0.4) is 0 Å². The first kappa shape index (κ1) is 14.2. The van der Waals surface area contributed by atoms with Gasteiger partial charge in [0, 0.05) is 6.42 Å². The maximum absolute atomic E-state index is 11.9. The van der Waals surface area contributed by atoms with Gasteiger partial charge in [0.1, 0.15) is 0 Å². The molecule has 0 spiro atoms. The van der Waals surface area contributed by atoms with E-state index in [-0.39, 0.29) is 23.1 Å². The highest BCUT2D eigenvalue weighted by Gasteiger charge is 2.30. The van der Waals surface area contributed by atoms with E-state index in [2.05, 4.69) is 5.32 Å². The molecule has 0 aromatic heterocycles.